The number of aromatic amines is 1. The maximum Gasteiger partial charge on any atom is 0.417 e. The van der Waals surface area contributed by atoms with Gasteiger partial charge in [-0.05, 0) is 42.5 Å². The Kier molecular flexibility index (Phi) is 4.62. The first-order valence-electron chi connectivity index (χ1n) is 7.44. The van der Waals surface area contributed by atoms with Crippen LogP contribution in [0.15, 0.2) is 47.3 Å². The molecule has 0 atom stereocenters. The minimum Gasteiger partial charge on any atom is -0.381 e. The first-order valence-corrected chi connectivity index (χ1v) is 7.82. The molecular weight excluding hydrogens is 367 g/mol. The summed E-state index contributed by atoms with van der Waals surface area (Å²) in [6.45, 7) is 0.0149. The third-order valence-electron chi connectivity index (χ3n) is 3.81. The number of benzene rings is 2. The van der Waals surface area contributed by atoms with Crippen LogP contribution in [0.5, 0.6) is 0 Å². The monoisotopic (exact) mass is 377 g/mol. The highest BCUT2D eigenvalue weighted by Crippen LogP contribution is 2.33. The van der Waals surface area contributed by atoms with Crippen molar-refractivity contribution in [3.8, 4) is 6.07 Å². The van der Waals surface area contributed by atoms with Gasteiger partial charge < -0.3 is 10.3 Å². The first-order chi connectivity index (χ1) is 12.3. The number of anilines is 1. The summed E-state index contributed by atoms with van der Waals surface area (Å²) in [6, 6.07) is 11.5. The van der Waals surface area contributed by atoms with E-state index in [1.807, 2.05) is 0 Å². The summed E-state index contributed by atoms with van der Waals surface area (Å²) in [4.78, 5) is 14.8. The molecule has 0 radical (unpaired) electrons. The standard InChI is InChI=1S/C18H11ClF3N3O/c19-13-2-4-16-11(6-13)5-12(17(26)25-16)9-24-14-3-1-10(8-23)15(7-14)18(20,21)22/h1-7,24H,9H2,(H,25,26). The maximum atomic E-state index is 13.0. The van der Waals surface area contributed by atoms with Gasteiger partial charge in [0.25, 0.3) is 5.56 Å². The van der Waals surface area contributed by atoms with Crippen molar-refractivity contribution in [1.82, 2.24) is 4.98 Å². The number of halogens is 4. The third kappa shape index (κ3) is 3.65. The topological polar surface area (TPSA) is 68.7 Å². The number of pyridine rings is 1. The van der Waals surface area contributed by atoms with E-state index < -0.39 is 17.3 Å². The minimum absolute atomic E-state index is 0.0149. The summed E-state index contributed by atoms with van der Waals surface area (Å²) >= 11 is 5.93. The fourth-order valence-corrected chi connectivity index (χ4v) is 2.72. The van der Waals surface area contributed by atoms with Crippen LogP contribution in [0.1, 0.15) is 16.7 Å². The van der Waals surface area contributed by atoms with Crippen molar-refractivity contribution in [1.29, 1.82) is 5.26 Å². The van der Waals surface area contributed by atoms with E-state index in [1.165, 1.54) is 12.1 Å². The number of nitrogens with zero attached hydrogens (tertiary/aromatic N) is 1. The quantitative estimate of drug-likeness (QED) is 0.696. The lowest BCUT2D eigenvalue weighted by Gasteiger charge is -2.12. The van der Waals surface area contributed by atoms with E-state index in [0.717, 1.165) is 12.1 Å². The van der Waals surface area contributed by atoms with Crippen molar-refractivity contribution in [3.05, 3.63) is 74.5 Å². The number of hydrogen-bond acceptors (Lipinski definition) is 3. The Morgan fingerprint density at radius 2 is 1.92 bits per heavy atom. The van der Waals surface area contributed by atoms with Crippen LogP contribution in [0.2, 0.25) is 5.02 Å². The van der Waals surface area contributed by atoms with Crippen molar-refractivity contribution < 1.29 is 13.2 Å². The Bertz CT molecular complexity index is 1080. The molecule has 0 bridgehead atoms. The van der Waals surface area contributed by atoms with Crippen molar-refractivity contribution >= 4 is 28.2 Å². The molecular formula is C18H11ClF3N3O. The fourth-order valence-electron chi connectivity index (χ4n) is 2.54. The number of rotatable bonds is 3. The molecule has 8 heteroatoms. The molecule has 0 aliphatic heterocycles. The second kappa shape index (κ2) is 6.73. The van der Waals surface area contributed by atoms with Gasteiger partial charge in [0.1, 0.15) is 0 Å². The summed E-state index contributed by atoms with van der Waals surface area (Å²) < 4.78 is 39.0. The molecule has 1 aromatic heterocycles. The van der Waals surface area contributed by atoms with Crippen LogP contribution in [0.25, 0.3) is 10.9 Å². The number of H-pyrrole nitrogens is 1. The molecule has 4 nitrogen and oxygen atoms in total. The van der Waals surface area contributed by atoms with E-state index in [9.17, 15) is 18.0 Å². The normalized spacial score (nSPS) is 11.3. The van der Waals surface area contributed by atoms with E-state index in [1.54, 1.807) is 24.3 Å². The highest BCUT2D eigenvalue weighted by atomic mass is 35.5. The van der Waals surface area contributed by atoms with Crippen molar-refractivity contribution in [2.24, 2.45) is 0 Å². The van der Waals surface area contributed by atoms with Gasteiger partial charge in [-0.3, -0.25) is 4.79 Å². The van der Waals surface area contributed by atoms with Crippen LogP contribution in [-0.4, -0.2) is 4.98 Å². The van der Waals surface area contributed by atoms with Gasteiger partial charge in [0.15, 0.2) is 0 Å². The zero-order valence-electron chi connectivity index (χ0n) is 13.1. The summed E-state index contributed by atoms with van der Waals surface area (Å²) in [6.07, 6.45) is -4.64. The Hall–Kier alpha value is -2.98. The molecule has 0 amide bonds. The lowest BCUT2D eigenvalue weighted by molar-refractivity contribution is -0.137. The zero-order valence-corrected chi connectivity index (χ0v) is 13.9. The number of nitriles is 1. The molecule has 0 fully saturated rings. The van der Waals surface area contributed by atoms with E-state index in [2.05, 4.69) is 10.3 Å². The van der Waals surface area contributed by atoms with Crippen LogP contribution in [-0.2, 0) is 12.7 Å². The van der Waals surface area contributed by atoms with Gasteiger partial charge in [0.05, 0.1) is 17.2 Å². The fraction of sp³-hybridized carbons (Fsp3) is 0.111. The van der Waals surface area contributed by atoms with Crippen LogP contribution in [0, 0.1) is 11.3 Å². The molecule has 2 N–H and O–H groups in total. The van der Waals surface area contributed by atoms with Crippen LogP contribution in [0.3, 0.4) is 0 Å². The second-order valence-corrected chi connectivity index (χ2v) is 6.02. The first kappa shape index (κ1) is 17.8. The number of nitrogens with one attached hydrogen (secondary N) is 2. The van der Waals surface area contributed by atoms with E-state index in [-0.39, 0.29) is 17.8 Å². The Morgan fingerprint density at radius 3 is 2.62 bits per heavy atom. The second-order valence-electron chi connectivity index (χ2n) is 5.58. The van der Waals surface area contributed by atoms with Crippen molar-refractivity contribution in [2.45, 2.75) is 12.7 Å². The SMILES string of the molecule is N#Cc1ccc(NCc2cc3cc(Cl)ccc3[nH]c2=O)cc1C(F)(F)F. The highest BCUT2D eigenvalue weighted by molar-refractivity contribution is 6.31. The Morgan fingerprint density at radius 1 is 1.15 bits per heavy atom. The van der Waals surface area contributed by atoms with E-state index in [0.29, 0.717) is 21.5 Å². The molecule has 2 aromatic carbocycles. The zero-order chi connectivity index (χ0) is 18.9. The Labute approximate surface area is 150 Å². The number of alkyl halides is 3. The van der Waals surface area contributed by atoms with Gasteiger partial charge in [0.2, 0.25) is 0 Å². The molecule has 3 rings (SSSR count). The van der Waals surface area contributed by atoms with E-state index >= 15 is 0 Å². The van der Waals surface area contributed by atoms with Gasteiger partial charge in [-0.25, -0.2) is 0 Å². The smallest absolute Gasteiger partial charge is 0.381 e. The minimum atomic E-state index is -4.64. The lowest BCUT2D eigenvalue weighted by atomic mass is 10.1. The van der Waals surface area contributed by atoms with Gasteiger partial charge in [-0.15, -0.1) is 0 Å². The summed E-state index contributed by atoms with van der Waals surface area (Å²) in [7, 11) is 0. The molecule has 0 aliphatic rings. The number of aromatic nitrogens is 1. The number of hydrogen-bond donors (Lipinski definition) is 2. The van der Waals surface area contributed by atoms with Gasteiger partial charge in [0, 0.05) is 33.7 Å². The maximum absolute atomic E-state index is 13.0. The van der Waals surface area contributed by atoms with E-state index in [4.69, 9.17) is 16.9 Å². The molecule has 132 valence electrons. The molecule has 0 aliphatic carbocycles. The van der Waals surface area contributed by atoms with Crippen LogP contribution < -0.4 is 10.9 Å². The molecule has 3 aromatic rings. The predicted molar refractivity (Wildman–Crippen MR) is 93.1 cm³/mol. The largest absolute Gasteiger partial charge is 0.417 e. The van der Waals surface area contributed by atoms with Crippen molar-refractivity contribution in [2.75, 3.05) is 5.32 Å². The molecule has 26 heavy (non-hydrogen) atoms. The van der Waals surface area contributed by atoms with Crippen LogP contribution in [0.4, 0.5) is 18.9 Å². The van der Waals surface area contributed by atoms with Gasteiger partial charge >= 0.3 is 6.18 Å². The average molecular weight is 378 g/mol. The summed E-state index contributed by atoms with van der Waals surface area (Å²) in [5.74, 6) is 0. The van der Waals surface area contributed by atoms with Crippen molar-refractivity contribution in [3.63, 3.8) is 0 Å². The number of fused-ring (bicyclic) bond motifs is 1. The summed E-state index contributed by atoms with van der Waals surface area (Å²) in [5.41, 5.74) is -0.719. The molecule has 0 saturated carbocycles. The average Bonchev–Trinajstić information content (AvgIpc) is 2.59. The predicted octanol–water partition coefficient (Wildman–Crippen LogP) is 4.68. The van der Waals surface area contributed by atoms with Crippen LogP contribution >= 0.6 is 11.6 Å². The molecule has 1 heterocycles. The highest BCUT2D eigenvalue weighted by Gasteiger charge is 2.33. The third-order valence-corrected chi connectivity index (χ3v) is 4.05. The molecule has 0 unspecified atom stereocenters. The van der Waals surface area contributed by atoms with Gasteiger partial charge in [-0.2, -0.15) is 18.4 Å². The summed E-state index contributed by atoms with van der Waals surface area (Å²) in [5, 5.41) is 12.8. The lowest BCUT2D eigenvalue weighted by Crippen LogP contribution is -2.16. The molecule has 0 saturated heterocycles. The Balaban J connectivity index is 1.90. The van der Waals surface area contributed by atoms with Gasteiger partial charge in [-0.1, -0.05) is 11.6 Å². The molecule has 0 spiro atoms.